The van der Waals surface area contributed by atoms with E-state index in [1.54, 1.807) is 0 Å². The smallest absolute Gasteiger partial charge is 0.313 e. The number of nitrogens with one attached hydrogen (secondary N) is 1. The molecule has 1 aromatic carbocycles. The molecule has 3 heterocycles. The molecule has 8 heteroatoms. The first-order valence-corrected chi connectivity index (χ1v) is 10.8. The lowest BCUT2D eigenvalue weighted by molar-refractivity contribution is -0.154. The summed E-state index contributed by atoms with van der Waals surface area (Å²) in [5, 5.41) is 17.7. The number of rotatable bonds is 5. The van der Waals surface area contributed by atoms with Gasteiger partial charge in [-0.25, -0.2) is 0 Å². The number of guanidine groups is 1. The van der Waals surface area contributed by atoms with Crippen LogP contribution in [0.15, 0.2) is 42.2 Å². The number of nitrogens with two attached hydrogens (primary N) is 1. The van der Waals surface area contributed by atoms with Crippen molar-refractivity contribution in [1.82, 2.24) is 14.7 Å². The molecule has 1 saturated heterocycles. The minimum atomic E-state index is -0.881. The highest BCUT2D eigenvalue weighted by atomic mass is 16.5. The molecular formula is C23H31N5O3. The van der Waals surface area contributed by atoms with E-state index in [2.05, 4.69) is 28.2 Å². The fourth-order valence-corrected chi connectivity index (χ4v) is 4.47. The molecule has 0 spiro atoms. The first-order valence-electron chi connectivity index (χ1n) is 10.8. The van der Waals surface area contributed by atoms with Gasteiger partial charge in [0, 0.05) is 51.7 Å². The van der Waals surface area contributed by atoms with E-state index in [9.17, 15) is 9.90 Å². The number of allylic oxidation sites excluding steroid dienone is 1. The van der Waals surface area contributed by atoms with Gasteiger partial charge in [-0.15, -0.1) is 0 Å². The Labute approximate surface area is 183 Å². The van der Waals surface area contributed by atoms with Crippen LogP contribution in [0.1, 0.15) is 24.0 Å². The fraction of sp³-hybridized carbons (Fsp3) is 0.478. The molecule has 0 aliphatic carbocycles. The summed E-state index contributed by atoms with van der Waals surface area (Å²) in [5.74, 6) is -0.0444. The Morgan fingerprint density at radius 2 is 2.03 bits per heavy atom. The van der Waals surface area contributed by atoms with Gasteiger partial charge in [-0.1, -0.05) is 6.07 Å². The second kappa shape index (κ2) is 8.53. The van der Waals surface area contributed by atoms with Gasteiger partial charge in [0.15, 0.2) is 5.96 Å². The van der Waals surface area contributed by atoms with Crippen molar-refractivity contribution in [2.45, 2.75) is 25.8 Å². The number of hydrogen-bond donors (Lipinski definition) is 3. The van der Waals surface area contributed by atoms with Crippen molar-refractivity contribution in [3.8, 4) is 5.75 Å². The van der Waals surface area contributed by atoms with Crippen molar-refractivity contribution in [3.63, 3.8) is 0 Å². The molecular weight excluding hydrogens is 394 g/mol. The lowest BCUT2D eigenvalue weighted by Gasteiger charge is -2.40. The van der Waals surface area contributed by atoms with Crippen molar-refractivity contribution in [2.75, 3.05) is 39.8 Å². The third-order valence-corrected chi connectivity index (χ3v) is 6.67. The standard InChI is InChI=1S/C23H31N5O3/c1-26-9-5-19(6-10-26)27-12-7-23(8-13-27,21(29)30)16-31-20-3-2-17-4-11-28(22(24)25)15-18(17)14-20/h2-3,5-6,9,14H,4,7-8,10-13,15-16H2,1H3,(H3,24,25)(H,29,30). The highest BCUT2D eigenvalue weighted by molar-refractivity contribution is 5.75. The maximum Gasteiger partial charge on any atom is 0.313 e. The summed E-state index contributed by atoms with van der Waals surface area (Å²) < 4.78 is 6.03. The van der Waals surface area contributed by atoms with E-state index in [1.165, 1.54) is 11.3 Å². The van der Waals surface area contributed by atoms with Crippen LogP contribution in [-0.4, -0.2) is 71.6 Å². The maximum absolute atomic E-state index is 12.2. The minimum Gasteiger partial charge on any atom is -0.492 e. The lowest BCUT2D eigenvalue weighted by Crippen LogP contribution is -2.47. The number of ether oxygens (including phenoxy) is 1. The Morgan fingerprint density at radius 1 is 1.26 bits per heavy atom. The number of nitrogens with zero attached hydrogens (tertiary/aromatic N) is 3. The second-order valence-corrected chi connectivity index (χ2v) is 8.73. The van der Waals surface area contributed by atoms with Crippen LogP contribution in [0.25, 0.3) is 0 Å². The van der Waals surface area contributed by atoms with Gasteiger partial charge < -0.3 is 30.3 Å². The number of carbonyl (C=O) groups is 1. The number of hydrogen-bond acceptors (Lipinski definition) is 5. The molecule has 4 rings (SSSR count). The van der Waals surface area contributed by atoms with Gasteiger partial charge >= 0.3 is 5.97 Å². The zero-order valence-corrected chi connectivity index (χ0v) is 18.0. The van der Waals surface area contributed by atoms with E-state index in [4.69, 9.17) is 15.9 Å². The molecule has 1 aromatic rings. The van der Waals surface area contributed by atoms with Gasteiger partial charge in [0.05, 0.1) is 0 Å². The van der Waals surface area contributed by atoms with Crippen LogP contribution in [0.4, 0.5) is 0 Å². The van der Waals surface area contributed by atoms with Crippen molar-refractivity contribution >= 4 is 11.9 Å². The number of fused-ring (bicyclic) bond motifs is 1. The van der Waals surface area contributed by atoms with Crippen LogP contribution >= 0.6 is 0 Å². The van der Waals surface area contributed by atoms with E-state index >= 15 is 0 Å². The zero-order valence-electron chi connectivity index (χ0n) is 18.0. The van der Waals surface area contributed by atoms with E-state index in [0.29, 0.717) is 38.2 Å². The van der Waals surface area contributed by atoms with Gasteiger partial charge in [-0.05, 0) is 54.7 Å². The summed E-state index contributed by atoms with van der Waals surface area (Å²) in [5.41, 5.74) is 8.24. The molecule has 166 valence electrons. The first kappa shape index (κ1) is 21.1. The molecule has 31 heavy (non-hydrogen) atoms. The Balaban J connectivity index is 1.40. The molecule has 3 aliphatic heterocycles. The quantitative estimate of drug-likeness (QED) is 0.488. The Hall–Kier alpha value is -3.16. The normalized spacial score (nSPS) is 20.2. The molecule has 0 radical (unpaired) electrons. The average Bonchev–Trinajstić information content (AvgIpc) is 2.78. The van der Waals surface area contributed by atoms with Gasteiger partial charge in [0.1, 0.15) is 17.8 Å². The highest BCUT2D eigenvalue weighted by Crippen LogP contribution is 2.35. The largest absolute Gasteiger partial charge is 0.492 e. The predicted octanol–water partition coefficient (Wildman–Crippen LogP) is 1.83. The van der Waals surface area contributed by atoms with Crippen LogP contribution < -0.4 is 10.5 Å². The summed E-state index contributed by atoms with van der Waals surface area (Å²) in [6, 6.07) is 5.92. The van der Waals surface area contributed by atoms with E-state index in [0.717, 1.165) is 25.1 Å². The molecule has 0 saturated carbocycles. The summed E-state index contributed by atoms with van der Waals surface area (Å²) in [7, 11) is 2.03. The zero-order chi connectivity index (χ0) is 22.0. The van der Waals surface area contributed by atoms with E-state index < -0.39 is 11.4 Å². The summed E-state index contributed by atoms with van der Waals surface area (Å²) >= 11 is 0. The van der Waals surface area contributed by atoms with E-state index in [1.807, 2.05) is 30.1 Å². The monoisotopic (exact) mass is 425 g/mol. The SMILES string of the molecule is CN1C=CC(N2CCC(COc3ccc4c(c3)CN(C(=N)N)CC4)(C(=O)O)CC2)=CC1. The number of carboxylic acid groups (broad SMARTS) is 1. The molecule has 8 nitrogen and oxygen atoms in total. The highest BCUT2D eigenvalue weighted by Gasteiger charge is 2.43. The molecule has 1 fully saturated rings. The first-order chi connectivity index (χ1) is 14.9. The predicted molar refractivity (Wildman–Crippen MR) is 119 cm³/mol. The third-order valence-electron chi connectivity index (χ3n) is 6.67. The van der Waals surface area contributed by atoms with Gasteiger partial charge in [0.25, 0.3) is 0 Å². The van der Waals surface area contributed by atoms with Crippen LogP contribution in [0.3, 0.4) is 0 Å². The second-order valence-electron chi connectivity index (χ2n) is 8.73. The van der Waals surface area contributed by atoms with Crippen LogP contribution in [0.5, 0.6) is 5.75 Å². The maximum atomic E-state index is 12.2. The lowest BCUT2D eigenvalue weighted by atomic mass is 9.79. The topological polar surface area (TPSA) is 106 Å². The van der Waals surface area contributed by atoms with Crippen molar-refractivity contribution < 1.29 is 14.6 Å². The van der Waals surface area contributed by atoms with Crippen LogP contribution in [0, 0.1) is 10.8 Å². The molecule has 0 bridgehead atoms. The van der Waals surface area contributed by atoms with Crippen molar-refractivity contribution in [3.05, 3.63) is 53.4 Å². The number of aliphatic carboxylic acids is 1. The summed E-state index contributed by atoms with van der Waals surface area (Å²) in [4.78, 5) is 18.4. The van der Waals surface area contributed by atoms with Gasteiger partial charge in [-0.2, -0.15) is 0 Å². The van der Waals surface area contributed by atoms with Gasteiger partial charge in [0.2, 0.25) is 0 Å². The molecule has 0 unspecified atom stereocenters. The number of benzene rings is 1. The molecule has 0 amide bonds. The number of piperidine rings is 1. The molecule has 4 N–H and O–H groups in total. The minimum absolute atomic E-state index is 0.0723. The number of carboxylic acids is 1. The number of likely N-dealkylation sites (tertiary alicyclic amines) is 1. The Morgan fingerprint density at radius 3 is 2.68 bits per heavy atom. The summed E-state index contributed by atoms with van der Waals surface area (Å²) in [6.45, 7) is 3.75. The average molecular weight is 426 g/mol. The Kier molecular flexibility index (Phi) is 5.80. The Bertz CT molecular complexity index is 918. The number of likely N-dealkylation sites (N-methyl/N-ethyl adjacent to an activating group) is 1. The van der Waals surface area contributed by atoms with Crippen molar-refractivity contribution in [1.29, 1.82) is 5.41 Å². The van der Waals surface area contributed by atoms with Gasteiger partial charge in [-0.3, -0.25) is 10.2 Å². The van der Waals surface area contributed by atoms with Crippen LogP contribution in [0.2, 0.25) is 0 Å². The molecule has 0 atom stereocenters. The van der Waals surface area contributed by atoms with Crippen molar-refractivity contribution in [2.24, 2.45) is 11.1 Å². The van der Waals surface area contributed by atoms with E-state index in [-0.39, 0.29) is 12.6 Å². The summed E-state index contributed by atoms with van der Waals surface area (Å²) in [6.07, 6.45) is 8.26. The molecule has 0 aromatic heterocycles. The third kappa shape index (κ3) is 4.47. The van der Waals surface area contributed by atoms with Crippen LogP contribution in [-0.2, 0) is 17.8 Å². The fourth-order valence-electron chi connectivity index (χ4n) is 4.47. The molecule has 3 aliphatic rings.